The number of hydrogen-bond acceptors (Lipinski definition) is 5. The molecule has 134 valence electrons. The van der Waals surface area contributed by atoms with Crippen molar-refractivity contribution in [2.75, 3.05) is 17.7 Å². The number of carbonyl (C=O) groups excluding carboxylic acids is 2. The fourth-order valence-electron chi connectivity index (χ4n) is 2.30. The second kappa shape index (κ2) is 7.36. The lowest BCUT2D eigenvalue weighted by atomic mass is 10.3. The highest BCUT2D eigenvalue weighted by Gasteiger charge is 2.11. The molecule has 1 aromatic carbocycles. The van der Waals surface area contributed by atoms with Gasteiger partial charge >= 0.3 is 6.09 Å². The van der Waals surface area contributed by atoms with Crippen LogP contribution in [0.2, 0.25) is 0 Å². The molecule has 0 saturated heterocycles. The second-order valence-electron chi connectivity index (χ2n) is 5.35. The van der Waals surface area contributed by atoms with Crippen molar-refractivity contribution in [3.05, 3.63) is 48.8 Å². The molecule has 3 aromatic rings. The summed E-state index contributed by atoms with van der Waals surface area (Å²) in [5, 5.41) is 5.14. The topological polar surface area (TPSA) is 102 Å². The first-order valence-corrected chi connectivity index (χ1v) is 8.74. The summed E-state index contributed by atoms with van der Waals surface area (Å²) in [5.41, 5.74) is 1.24. The van der Waals surface area contributed by atoms with Gasteiger partial charge in [0.25, 0.3) is 0 Å². The van der Waals surface area contributed by atoms with Gasteiger partial charge in [-0.15, -0.1) is 0 Å². The number of fused-ring (bicyclic) bond motifs is 1. The van der Waals surface area contributed by atoms with Gasteiger partial charge in [-0.2, -0.15) is 0 Å². The van der Waals surface area contributed by atoms with Gasteiger partial charge in [0.05, 0.1) is 29.0 Å². The second-order valence-corrected chi connectivity index (χ2v) is 6.83. The molecule has 3 rings (SSSR count). The Hall–Kier alpha value is -3.20. The zero-order valence-electron chi connectivity index (χ0n) is 14.1. The van der Waals surface area contributed by atoms with Crippen molar-refractivity contribution < 1.29 is 18.5 Å². The molecule has 0 aliphatic carbocycles. The first-order chi connectivity index (χ1) is 12.5. The van der Waals surface area contributed by atoms with E-state index < -0.39 is 16.9 Å². The third kappa shape index (κ3) is 3.89. The SMILES string of the molecule is COC(=O)Nc1cn2cc(S(=O)c3ccc(NC(C)=O)cc3)ccc2n1. The monoisotopic (exact) mass is 372 g/mol. The third-order valence-electron chi connectivity index (χ3n) is 3.44. The van der Waals surface area contributed by atoms with E-state index in [0.29, 0.717) is 26.9 Å². The smallest absolute Gasteiger partial charge is 0.412 e. The number of nitrogens with zero attached hydrogens (tertiary/aromatic N) is 2. The van der Waals surface area contributed by atoms with E-state index in [-0.39, 0.29) is 5.91 Å². The van der Waals surface area contributed by atoms with Gasteiger partial charge in [0.2, 0.25) is 5.91 Å². The quantitative estimate of drug-likeness (QED) is 0.733. The number of hydrogen-bond donors (Lipinski definition) is 2. The van der Waals surface area contributed by atoms with Gasteiger partial charge in [-0.3, -0.25) is 10.1 Å². The van der Waals surface area contributed by atoms with Crippen molar-refractivity contribution in [1.29, 1.82) is 0 Å². The number of benzene rings is 1. The Kier molecular flexibility index (Phi) is 4.99. The predicted octanol–water partition coefficient (Wildman–Crippen LogP) is 2.64. The Morgan fingerprint density at radius 3 is 2.38 bits per heavy atom. The molecule has 1 unspecified atom stereocenters. The van der Waals surface area contributed by atoms with E-state index in [1.165, 1.54) is 14.0 Å². The van der Waals surface area contributed by atoms with Crippen LogP contribution in [0.4, 0.5) is 16.3 Å². The molecular formula is C17H16N4O4S. The average molecular weight is 372 g/mol. The van der Waals surface area contributed by atoms with Crippen LogP contribution in [0.15, 0.2) is 58.6 Å². The summed E-state index contributed by atoms with van der Waals surface area (Å²) in [6.45, 7) is 1.43. The molecule has 0 spiro atoms. The number of anilines is 2. The maximum Gasteiger partial charge on any atom is 0.412 e. The van der Waals surface area contributed by atoms with E-state index in [0.717, 1.165) is 0 Å². The molecule has 2 N–H and O–H groups in total. The summed E-state index contributed by atoms with van der Waals surface area (Å²) in [6, 6.07) is 10.2. The number of aromatic nitrogens is 2. The van der Waals surface area contributed by atoms with Crippen LogP contribution >= 0.6 is 0 Å². The van der Waals surface area contributed by atoms with Crippen LogP contribution < -0.4 is 10.6 Å². The maximum absolute atomic E-state index is 12.8. The summed E-state index contributed by atoms with van der Waals surface area (Å²) in [5.74, 6) is 0.167. The minimum atomic E-state index is -1.40. The zero-order chi connectivity index (χ0) is 18.7. The van der Waals surface area contributed by atoms with Gasteiger partial charge < -0.3 is 14.5 Å². The number of ether oxygens (including phenoxy) is 1. The summed E-state index contributed by atoms with van der Waals surface area (Å²) in [6.07, 6.45) is 2.67. The average Bonchev–Trinajstić information content (AvgIpc) is 3.02. The van der Waals surface area contributed by atoms with Gasteiger partial charge in [-0.25, -0.2) is 14.0 Å². The summed E-state index contributed by atoms with van der Waals surface area (Å²) >= 11 is 0. The molecule has 8 nitrogen and oxygen atoms in total. The first-order valence-electron chi connectivity index (χ1n) is 7.59. The van der Waals surface area contributed by atoms with Gasteiger partial charge in [0.15, 0.2) is 5.82 Å². The lowest BCUT2D eigenvalue weighted by Crippen LogP contribution is -2.10. The van der Waals surface area contributed by atoms with Crippen molar-refractivity contribution in [2.24, 2.45) is 0 Å². The van der Waals surface area contributed by atoms with Crippen LogP contribution in [-0.4, -0.2) is 32.7 Å². The molecular weight excluding hydrogens is 356 g/mol. The van der Waals surface area contributed by atoms with Gasteiger partial charge in [-0.05, 0) is 36.4 Å². The fourth-order valence-corrected chi connectivity index (χ4v) is 3.35. The highest BCUT2D eigenvalue weighted by atomic mass is 32.2. The number of nitrogens with one attached hydrogen (secondary N) is 2. The summed E-state index contributed by atoms with van der Waals surface area (Å²) in [4.78, 5) is 27.7. The lowest BCUT2D eigenvalue weighted by molar-refractivity contribution is -0.114. The van der Waals surface area contributed by atoms with Crippen LogP contribution in [-0.2, 0) is 20.3 Å². The van der Waals surface area contributed by atoms with Gasteiger partial charge in [0.1, 0.15) is 5.65 Å². The normalized spacial score (nSPS) is 11.8. The van der Waals surface area contributed by atoms with E-state index in [1.807, 2.05) is 0 Å². The summed E-state index contributed by atoms with van der Waals surface area (Å²) < 4.78 is 19.0. The van der Waals surface area contributed by atoms with Crippen molar-refractivity contribution >= 4 is 40.0 Å². The number of imidazole rings is 1. The summed E-state index contributed by atoms with van der Waals surface area (Å²) in [7, 11) is -0.133. The number of carbonyl (C=O) groups is 2. The molecule has 0 aliphatic heterocycles. The van der Waals surface area contributed by atoms with E-state index in [2.05, 4.69) is 20.4 Å². The van der Waals surface area contributed by atoms with Crippen molar-refractivity contribution in [3.63, 3.8) is 0 Å². The standard InChI is InChI=1S/C17H16N4O4S/c1-11(22)18-12-3-5-13(6-4-12)26(24)14-7-8-16-19-15(10-21(16)9-14)20-17(23)25-2/h3-10H,1-2H3,(H,18,22)(H,20,23). The van der Waals surface area contributed by atoms with E-state index in [9.17, 15) is 13.8 Å². The highest BCUT2D eigenvalue weighted by molar-refractivity contribution is 7.85. The lowest BCUT2D eigenvalue weighted by Gasteiger charge is -2.05. The molecule has 0 radical (unpaired) electrons. The van der Waals surface area contributed by atoms with Gasteiger partial charge in [0, 0.05) is 23.7 Å². The van der Waals surface area contributed by atoms with Crippen LogP contribution in [0, 0.1) is 0 Å². The van der Waals surface area contributed by atoms with Crippen molar-refractivity contribution in [1.82, 2.24) is 9.38 Å². The van der Waals surface area contributed by atoms with E-state index >= 15 is 0 Å². The Bertz CT molecular complexity index is 998. The molecule has 26 heavy (non-hydrogen) atoms. The van der Waals surface area contributed by atoms with E-state index in [1.54, 1.807) is 53.2 Å². The molecule has 2 heterocycles. The Morgan fingerprint density at radius 2 is 1.73 bits per heavy atom. The number of methoxy groups -OCH3 is 1. The Labute approximate surface area is 151 Å². The van der Waals surface area contributed by atoms with Crippen molar-refractivity contribution in [2.45, 2.75) is 16.7 Å². The molecule has 0 aliphatic rings. The molecule has 2 amide bonds. The fraction of sp³-hybridized carbons (Fsp3) is 0.118. The zero-order valence-corrected chi connectivity index (χ0v) is 14.9. The molecule has 0 fully saturated rings. The molecule has 1 atom stereocenters. The number of rotatable bonds is 4. The Balaban J connectivity index is 1.83. The molecule has 0 saturated carbocycles. The largest absolute Gasteiger partial charge is 0.453 e. The molecule has 2 aromatic heterocycles. The van der Waals surface area contributed by atoms with Crippen LogP contribution in [0.25, 0.3) is 5.65 Å². The first kappa shape index (κ1) is 17.6. The van der Waals surface area contributed by atoms with Crippen LogP contribution in [0.5, 0.6) is 0 Å². The van der Waals surface area contributed by atoms with Gasteiger partial charge in [-0.1, -0.05) is 0 Å². The van der Waals surface area contributed by atoms with Crippen LogP contribution in [0.3, 0.4) is 0 Å². The highest BCUT2D eigenvalue weighted by Crippen LogP contribution is 2.20. The number of pyridine rings is 1. The minimum Gasteiger partial charge on any atom is -0.453 e. The molecule has 9 heteroatoms. The van der Waals surface area contributed by atoms with E-state index in [4.69, 9.17) is 0 Å². The van der Waals surface area contributed by atoms with Crippen molar-refractivity contribution in [3.8, 4) is 0 Å². The maximum atomic E-state index is 12.8. The van der Waals surface area contributed by atoms with Crippen LogP contribution in [0.1, 0.15) is 6.92 Å². The number of amides is 2. The predicted molar refractivity (Wildman–Crippen MR) is 96.6 cm³/mol. The third-order valence-corrected chi connectivity index (χ3v) is 4.81. The Morgan fingerprint density at radius 1 is 1.04 bits per heavy atom. The molecule has 0 bridgehead atoms. The minimum absolute atomic E-state index is 0.166.